The van der Waals surface area contributed by atoms with Gasteiger partial charge < -0.3 is 14.8 Å². The van der Waals surface area contributed by atoms with Crippen molar-refractivity contribution in [3.05, 3.63) is 77.0 Å². The van der Waals surface area contributed by atoms with Crippen molar-refractivity contribution in [2.24, 2.45) is 0 Å². The third kappa shape index (κ3) is 3.53. The predicted molar refractivity (Wildman–Crippen MR) is 120 cm³/mol. The quantitative estimate of drug-likeness (QED) is 0.630. The molecule has 5 nitrogen and oxygen atoms in total. The Kier molecular flexibility index (Phi) is 5.37. The third-order valence-electron chi connectivity index (χ3n) is 5.58. The van der Waals surface area contributed by atoms with Gasteiger partial charge in [-0.25, -0.2) is 4.98 Å². The van der Waals surface area contributed by atoms with Gasteiger partial charge in [0.15, 0.2) is 5.11 Å². The molecule has 3 aromatic rings. The van der Waals surface area contributed by atoms with Gasteiger partial charge in [-0.1, -0.05) is 19.1 Å². The Balaban J connectivity index is 1.82. The van der Waals surface area contributed by atoms with Crippen LogP contribution in [0.15, 0.2) is 48.8 Å². The van der Waals surface area contributed by atoms with Gasteiger partial charge in [0.1, 0.15) is 5.82 Å². The van der Waals surface area contributed by atoms with Crippen LogP contribution in [0.5, 0.6) is 0 Å². The molecule has 4 rings (SSSR count). The van der Waals surface area contributed by atoms with Gasteiger partial charge in [0, 0.05) is 30.3 Å². The van der Waals surface area contributed by atoms with Gasteiger partial charge >= 0.3 is 0 Å². The highest BCUT2D eigenvalue weighted by Crippen LogP contribution is 2.41. The minimum absolute atomic E-state index is 0.0233. The van der Waals surface area contributed by atoms with Crippen molar-refractivity contribution in [1.29, 1.82) is 0 Å². The van der Waals surface area contributed by atoms with Gasteiger partial charge in [-0.15, -0.1) is 0 Å². The van der Waals surface area contributed by atoms with Gasteiger partial charge in [-0.3, -0.25) is 4.98 Å². The SMILES string of the molecule is CCCN1C(=S)N[C@H](c2ccccn2)[C@H]1c1cc(C)n(-c2ccc(C)cn2)c1C. The summed E-state index contributed by atoms with van der Waals surface area (Å²) in [5, 5.41) is 4.32. The molecule has 1 aliphatic heterocycles. The van der Waals surface area contributed by atoms with E-state index in [1.165, 1.54) is 17.0 Å². The van der Waals surface area contributed by atoms with E-state index < -0.39 is 0 Å². The van der Waals surface area contributed by atoms with Crippen LogP contribution in [0.25, 0.3) is 5.82 Å². The van der Waals surface area contributed by atoms with Crippen molar-refractivity contribution in [2.45, 2.75) is 46.2 Å². The molecule has 0 amide bonds. The maximum absolute atomic E-state index is 5.72. The molecule has 1 N–H and O–H groups in total. The Morgan fingerprint density at radius 2 is 1.93 bits per heavy atom. The van der Waals surface area contributed by atoms with Crippen LogP contribution in [0.1, 0.15) is 53.6 Å². The van der Waals surface area contributed by atoms with E-state index >= 15 is 0 Å². The van der Waals surface area contributed by atoms with E-state index in [1.807, 2.05) is 24.5 Å². The Morgan fingerprint density at radius 1 is 1.10 bits per heavy atom. The number of pyridine rings is 2. The number of thiocarbonyl (C=S) groups is 1. The maximum Gasteiger partial charge on any atom is 0.170 e. The second kappa shape index (κ2) is 7.95. The molecule has 0 unspecified atom stereocenters. The topological polar surface area (TPSA) is 46.0 Å². The lowest BCUT2D eigenvalue weighted by Gasteiger charge is -2.27. The van der Waals surface area contributed by atoms with Crippen LogP contribution in [-0.2, 0) is 0 Å². The van der Waals surface area contributed by atoms with Gasteiger partial charge in [0.25, 0.3) is 0 Å². The van der Waals surface area contributed by atoms with Crippen LogP contribution in [0.2, 0.25) is 0 Å². The second-order valence-electron chi connectivity index (χ2n) is 7.68. The molecule has 0 radical (unpaired) electrons. The molecule has 0 bridgehead atoms. The zero-order valence-electron chi connectivity index (χ0n) is 17.4. The first-order valence-corrected chi connectivity index (χ1v) is 10.5. The second-order valence-corrected chi connectivity index (χ2v) is 8.06. The number of hydrogen-bond donors (Lipinski definition) is 1. The monoisotopic (exact) mass is 405 g/mol. The fraction of sp³-hybridized carbons (Fsp3) is 0.348. The van der Waals surface area contributed by atoms with Crippen molar-refractivity contribution in [3.63, 3.8) is 0 Å². The maximum atomic E-state index is 5.72. The molecular weight excluding hydrogens is 378 g/mol. The number of aryl methyl sites for hydroxylation is 2. The normalized spacial score (nSPS) is 18.9. The largest absolute Gasteiger partial charge is 0.352 e. The molecule has 150 valence electrons. The number of rotatable bonds is 5. The predicted octanol–water partition coefficient (Wildman–Crippen LogP) is 4.58. The summed E-state index contributed by atoms with van der Waals surface area (Å²) in [4.78, 5) is 11.6. The Morgan fingerprint density at radius 3 is 2.59 bits per heavy atom. The summed E-state index contributed by atoms with van der Waals surface area (Å²) in [6.45, 7) is 9.46. The zero-order chi connectivity index (χ0) is 20.5. The van der Waals surface area contributed by atoms with Crippen molar-refractivity contribution in [2.75, 3.05) is 6.54 Å². The van der Waals surface area contributed by atoms with Gasteiger partial charge in [0.05, 0.1) is 17.8 Å². The van der Waals surface area contributed by atoms with E-state index in [9.17, 15) is 0 Å². The number of aromatic nitrogens is 3. The van der Waals surface area contributed by atoms with E-state index in [0.29, 0.717) is 0 Å². The smallest absolute Gasteiger partial charge is 0.170 e. The summed E-state index contributed by atoms with van der Waals surface area (Å²) < 4.78 is 2.23. The minimum atomic E-state index is 0.0233. The first-order chi connectivity index (χ1) is 14.0. The molecule has 1 saturated heterocycles. The summed E-state index contributed by atoms with van der Waals surface area (Å²) in [6.07, 6.45) is 4.80. The summed E-state index contributed by atoms with van der Waals surface area (Å²) in [7, 11) is 0. The first-order valence-electron chi connectivity index (χ1n) is 10.1. The van der Waals surface area contributed by atoms with Crippen molar-refractivity contribution in [1.82, 2.24) is 24.8 Å². The van der Waals surface area contributed by atoms with Crippen LogP contribution in [-0.4, -0.2) is 31.1 Å². The highest BCUT2D eigenvalue weighted by atomic mass is 32.1. The highest BCUT2D eigenvalue weighted by molar-refractivity contribution is 7.80. The van der Waals surface area contributed by atoms with Crippen molar-refractivity contribution < 1.29 is 0 Å². The average molecular weight is 406 g/mol. The summed E-state index contributed by atoms with van der Waals surface area (Å²) >= 11 is 5.72. The fourth-order valence-corrected chi connectivity index (χ4v) is 4.59. The minimum Gasteiger partial charge on any atom is -0.352 e. The lowest BCUT2D eigenvalue weighted by molar-refractivity contribution is 0.316. The van der Waals surface area contributed by atoms with E-state index in [4.69, 9.17) is 12.2 Å². The lowest BCUT2D eigenvalue weighted by Crippen LogP contribution is -2.30. The van der Waals surface area contributed by atoms with Crippen LogP contribution in [0.4, 0.5) is 0 Å². The Bertz CT molecular complexity index is 1010. The standard InChI is InChI=1S/C23H27N5S/c1-5-12-27-22(21(26-23(27)29)19-8-6-7-11-24-19)18-13-16(3)28(17(18)4)20-10-9-15(2)14-25-20/h6-11,13-14,21-22H,5,12H2,1-4H3,(H,26,29)/t21-,22-/m1/s1. The van der Waals surface area contributed by atoms with Crippen LogP contribution < -0.4 is 5.32 Å². The molecule has 6 heteroatoms. The molecule has 2 atom stereocenters. The van der Waals surface area contributed by atoms with E-state index in [0.717, 1.165) is 35.2 Å². The molecule has 0 saturated carbocycles. The Hall–Kier alpha value is -2.73. The van der Waals surface area contributed by atoms with Crippen molar-refractivity contribution in [3.8, 4) is 5.82 Å². The van der Waals surface area contributed by atoms with E-state index in [1.54, 1.807) is 0 Å². The van der Waals surface area contributed by atoms with Crippen molar-refractivity contribution >= 4 is 17.3 Å². The summed E-state index contributed by atoms with van der Waals surface area (Å²) in [6, 6.07) is 12.6. The Labute approximate surface area is 177 Å². The van der Waals surface area contributed by atoms with E-state index in [2.05, 4.69) is 76.7 Å². The lowest BCUT2D eigenvalue weighted by atomic mass is 9.96. The molecule has 0 aromatic carbocycles. The number of nitrogens with one attached hydrogen (secondary N) is 1. The number of hydrogen-bond acceptors (Lipinski definition) is 3. The zero-order valence-corrected chi connectivity index (χ0v) is 18.2. The molecular formula is C23H27N5S. The van der Waals surface area contributed by atoms with Gasteiger partial charge in [-0.05, 0) is 74.8 Å². The molecule has 4 heterocycles. The van der Waals surface area contributed by atoms with E-state index in [-0.39, 0.29) is 12.1 Å². The summed E-state index contributed by atoms with van der Waals surface area (Å²) in [5.74, 6) is 0.946. The van der Waals surface area contributed by atoms with Crippen LogP contribution in [0.3, 0.4) is 0 Å². The van der Waals surface area contributed by atoms with Gasteiger partial charge in [0.2, 0.25) is 0 Å². The average Bonchev–Trinajstić information content (AvgIpc) is 3.20. The third-order valence-corrected chi connectivity index (χ3v) is 5.93. The van der Waals surface area contributed by atoms with Crippen LogP contribution in [0, 0.1) is 20.8 Å². The van der Waals surface area contributed by atoms with Crippen LogP contribution >= 0.6 is 12.2 Å². The number of nitrogens with zero attached hydrogens (tertiary/aromatic N) is 4. The van der Waals surface area contributed by atoms with Gasteiger partial charge in [-0.2, -0.15) is 0 Å². The first kappa shape index (κ1) is 19.6. The molecule has 0 spiro atoms. The summed E-state index contributed by atoms with van der Waals surface area (Å²) in [5.41, 5.74) is 5.80. The molecule has 3 aromatic heterocycles. The molecule has 1 aliphatic rings. The molecule has 0 aliphatic carbocycles. The highest BCUT2D eigenvalue weighted by Gasteiger charge is 2.40. The molecule has 1 fully saturated rings. The molecule has 29 heavy (non-hydrogen) atoms. The fourth-order valence-electron chi connectivity index (χ4n) is 4.26.